The van der Waals surface area contributed by atoms with E-state index in [1.165, 1.54) is 70.8 Å². The maximum atomic E-state index is 13.2. The number of nitrogens with zero attached hydrogens (tertiary/aromatic N) is 3. The zero-order chi connectivity index (χ0) is 33.4. The number of hydrogen-bond acceptors (Lipinski definition) is 10. The van der Waals surface area contributed by atoms with Gasteiger partial charge in [-0.25, -0.2) is 19.3 Å². The van der Waals surface area contributed by atoms with E-state index in [0.717, 1.165) is 37.5 Å². The summed E-state index contributed by atoms with van der Waals surface area (Å²) in [6.45, 7) is 4.02. The highest BCUT2D eigenvalue weighted by Crippen LogP contribution is 2.27. The van der Waals surface area contributed by atoms with Gasteiger partial charge in [-0.3, -0.25) is 14.4 Å². The third-order valence-corrected chi connectivity index (χ3v) is 7.28. The van der Waals surface area contributed by atoms with Gasteiger partial charge in [-0.2, -0.15) is 5.26 Å². The lowest BCUT2D eigenvalue weighted by molar-refractivity contribution is -0.153. The third-order valence-electron chi connectivity index (χ3n) is 7.28. The number of anilines is 1. The Hall–Kier alpha value is -4.47. The molecule has 13 nitrogen and oxygen atoms in total. The highest BCUT2D eigenvalue weighted by molar-refractivity contribution is 6.17. The van der Waals surface area contributed by atoms with E-state index in [1.54, 1.807) is 6.07 Å². The van der Waals surface area contributed by atoms with Crippen LogP contribution in [0.25, 0.3) is 0 Å². The predicted octanol–water partition coefficient (Wildman–Crippen LogP) is 4.39. The van der Waals surface area contributed by atoms with Crippen LogP contribution in [0.5, 0.6) is 5.75 Å². The number of carbonyl (C=O) groups excluding carboxylic acids is 6. The van der Waals surface area contributed by atoms with Gasteiger partial charge in [-0.1, -0.05) is 64.7 Å². The lowest BCUT2D eigenvalue weighted by Gasteiger charge is -2.23. The van der Waals surface area contributed by atoms with Gasteiger partial charge in [0.05, 0.1) is 31.0 Å². The van der Waals surface area contributed by atoms with Gasteiger partial charge >= 0.3 is 18.0 Å². The minimum atomic E-state index is -1.82. The number of ketones is 1. The molecule has 4 amide bonds. The number of ether oxygens (including phenoxy) is 3. The van der Waals surface area contributed by atoms with Crippen LogP contribution in [0.4, 0.5) is 10.5 Å². The summed E-state index contributed by atoms with van der Waals surface area (Å²) < 4.78 is 15.8. The molecule has 0 aromatic heterocycles. The number of amides is 4. The molecule has 2 unspecified atom stereocenters. The first kappa shape index (κ1) is 36.7. The molecule has 2 rings (SSSR count). The molecule has 0 radical (unpaired) electrons. The molecule has 1 aromatic rings. The van der Waals surface area contributed by atoms with Crippen LogP contribution < -0.4 is 10.1 Å². The Morgan fingerprint density at radius 3 is 2.20 bits per heavy atom. The quantitative estimate of drug-likeness (QED) is 0.0717. The van der Waals surface area contributed by atoms with E-state index < -0.39 is 60.8 Å². The fraction of sp³-hybridized carbons (Fsp3) is 0.594. The summed E-state index contributed by atoms with van der Waals surface area (Å²) in [7, 11) is 1.31. The zero-order valence-corrected chi connectivity index (χ0v) is 26.6. The normalized spacial score (nSPS) is 14.0. The van der Waals surface area contributed by atoms with Crippen molar-refractivity contribution < 1.29 is 43.0 Å². The Morgan fingerprint density at radius 2 is 1.62 bits per heavy atom. The van der Waals surface area contributed by atoms with E-state index in [-0.39, 0.29) is 23.6 Å². The van der Waals surface area contributed by atoms with Crippen LogP contribution >= 0.6 is 0 Å². The second-order valence-electron chi connectivity index (χ2n) is 10.9. The van der Waals surface area contributed by atoms with E-state index in [2.05, 4.69) is 12.2 Å². The molecule has 1 aliphatic rings. The molecule has 0 aliphatic carbocycles. The number of benzene rings is 1. The fourth-order valence-corrected chi connectivity index (χ4v) is 4.80. The minimum absolute atomic E-state index is 0.0478. The average Bonchev–Trinajstić information content (AvgIpc) is 3.27. The van der Waals surface area contributed by atoms with Crippen molar-refractivity contribution in [1.82, 2.24) is 9.80 Å². The lowest BCUT2D eigenvalue weighted by atomic mass is 10.1. The Kier molecular flexibility index (Phi) is 15.5. The summed E-state index contributed by atoms with van der Waals surface area (Å²) >= 11 is 0. The monoisotopic (exact) mass is 628 g/mol. The van der Waals surface area contributed by atoms with E-state index >= 15 is 0 Å². The van der Waals surface area contributed by atoms with Crippen LogP contribution in [0.3, 0.4) is 0 Å². The molecule has 0 saturated carbocycles. The maximum absolute atomic E-state index is 13.2. The fourth-order valence-electron chi connectivity index (χ4n) is 4.80. The van der Waals surface area contributed by atoms with Crippen molar-refractivity contribution in [1.29, 1.82) is 5.26 Å². The molecule has 246 valence electrons. The Balaban J connectivity index is 1.93. The second kappa shape index (κ2) is 19.0. The number of imide groups is 1. The number of Topliss-reactive ketones (excluding diaryl/α,β-unsaturated/α-hetero) is 1. The van der Waals surface area contributed by atoms with Gasteiger partial charge in [0.1, 0.15) is 18.8 Å². The van der Waals surface area contributed by atoms with Crippen molar-refractivity contribution in [3.05, 3.63) is 23.8 Å². The minimum Gasteiger partial charge on any atom is -0.495 e. The summed E-state index contributed by atoms with van der Waals surface area (Å²) in [6, 6.07) is 2.92. The number of carbonyl (C=O) groups is 6. The topological polar surface area (TPSA) is 172 Å². The zero-order valence-electron chi connectivity index (χ0n) is 26.6. The first-order valence-electron chi connectivity index (χ1n) is 15.4. The first-order valence-corrected chi connectivity index (χ1v) is 15.4. The number of methoxy groups -OCH3 is 1. The SMILES string of the molecule is CCCCCCCCCCCCOC(=O)C(C)OC(=O)c1ccc(OC)c(NC(=O)C(C(C)=O)N2C(=O)CN(CC#N)C2=O)c1. The molecule has 1 fully saturated rings. The van der Waals surface area contributed by atoms with Crippen molar-refractivity contribution in [2.24, 2.45) is 0 Å². The van der Waals surface area contributed by atoms with Crippen LogP contribution in [-0.2, 0) is 28.7 Å². The van der Waals surface area contributed by atoms with E-state index in [4.69, 9.17) is 19.5 Å². The number of nitrogens with one attached hydrogen (secondary N) is 1. The molecule has 1 aliphatic heterocycles. The second-order valence-corrected chi connectivity index (χ2v) is 10.9. The van der Waals surface area contributed by atoms with Gasteiger partial charge in [0.25, 0.3) is 11.8 Å². The summed E-state index contributed by atoms with van der Waals surface area (Å²) in [6.07, 6.45) is 10.3. The number of nitriles is 1. The van der Waals surface area contributed by atoms with Gasteiger partial charge in [-0.15, -0.1) is 0 Å². The molecule has 1 aromatic carbocycles. The van der Waals surface area contributed by atoms with Crippen LogP contribution in [0.15, 0.2) is 18.2 Å². The average molecular weight is 629 g/mol. The highest BCUT2D eigenvalue weighted by atomic mass is 16.6. The number of urea groups is 1. The molecule has 1 saturated heterocycles. The van der Waals surface area contributed by atoms with E-state index in [9.17, 15) is 28.8 Å². The van der Waals surface area contributed by atoms with Crippen molar-refractivity contribution in [2.75, 3.05) is 32.1 Å². The van der Waals surface area contributed by atoms with Crippen LogP contribution in [0.1, 0.15) is 95.3 Å². The standard InChI is InChI=1S/C32H44N4O9/c1-5-6-7-8-9-10-11-12-13-14-19-44-30(40)23(3)45-31(41)24-15-16-26(43-4)25(20-24)34-29(39)28(22(2)37)36-27(38)21-35(18-17-33)32(36)42/h15-16,20,23,28H,5-14,18-19,21H2,1-4H3,(H,34,39). The summed E-state index contributed by atoms with van der Waals surface area (Å²) in [4.78, 5) is 77.3. The predicted molar refractivity (Wildman–Crippen MR) is 163 cm³/mol. The number of unbranched alkanes of at least 4 members (excludes halogenated alkanes) is 9. The van der Waals surface area contributed by atoms with Crippen molar-refractivity contribution in [3.63, 3.8) is 0 Å². The highest BCUT2D eigenvalue weighted by Gasteiger charge is 2.45. The van der Waals surface area contributed by atoms with Crippen molar-refractivity contribution >= 4 is 41.3 Å². The molecule has 45 heavy (non-hydrogen) atoms. The maximum Gasteiger partial charge on any atom is 0.347 e. The lowest BCUT2D eigenvalue weighted by Crippen LogP contribution is -2.51. The van der Waals surface area contributed by atoms with Crippen molar-refractivity contribution in [3.8, 4) is 11.8 Å². The summed E-state index contributed by atoms with van der Waals surface area (Å²) in [5.74, 6) is -4.10. The van der Waals surface area contributed by atoms with Gasteiger partial charge in [0.15, 0.2) is 17.9 Å². The van der Waals surface area contributed by atoms with Gasteiger partial charge in [-0.05, 0) is 38.5 Å². The molecule has 0 spiro atoms. The van der Waals surface area contributed by atoms with E-state index in [0.29, 0.717) is 4.90 Å². The van der Waals surface area contributed by atoms with Gasteiger partial charge in [0.2, 0.25) is 0 Å². The molecular formula is C32H44N4O9. The largest absolute Gasteiger partial charge is 0.495 e. The third kappa shape index (κ3) is 11.2. The Morgan fingerprint density at radius 1 is 1.00 bits per heavy atom. The Labute approximate surface area is 264 Å². The molecule has 0 bridgehead atoms. The number of hydrogen-bond donors (Lipinski definition) is 1. The first-order chi connectivity index (χ1) is 21.5. The van der Waals surface area contributed by atoms with E-state index in [1.807, 2.05) is 0 Å². The molecule has 1 N–H and O–H groups in total. The summed E-state index contributed by atoms with van der Waals surface area (Å²) in [5, 5.41) is 11.3. The Bertz CT molecular complexity index is 1260. The molecule has 13 heteroatoms. The van der Waals surface area contributed by atoms with Crippen molar-refractivity contribution in [2.45, 2.75) is 97.1 Å². The molecule has 2 atom stereocenters. The summed E-state index contributed by atoms with van der Waals surface area (Å²) in [5.41, 5.74) is -0.0966. The van der Waals surface area contributed by atoms with Crippen LogP contribution in [0.2, 0.25) is 0 Å². The number of esters is 2. The van der Waals surface area contributed by atoms with Crippen LogP contribution in [-0.4, -0.2) is 84.3 Å². The molecule has 1 heterocycles. The molecular weight excluding hydrogens is 584 g/mol. The smallest absolute Gasteiger partial charge is 0.347 e. The van der Waals surface area contributed by atoms with Gasteiger partial charge in [0, 0.05) is 0 Å². The van der Waals surface area contributed by atoms with Crippen LogP contribution in [0, 0.1) is 11.3 Å². The van der Waals surface area contributed by atoms with Gasteiger partial charge < -0.3 is 24.4 Å². The number of rotatable bonds is 20.